The highest BCUT2D eigenvalue weighted by Crippen LogP contribution is 2.30. The number of halogens is 1. The van der Waals surface area contributed by atoms with E-state index < -0.39 is 17.7 Å². The smallest absolute Gasteiger partial charge is 0.263 e. The van der Waals surface area contributed by atoms with E-state index in [4.69, 9.17) is 16.3 Å². The van der Waals surface area contributed by atoms with Gasteiger partial charge in [-0.05, 0) is 51.5 Å². The second-order valence-corrected chi connectivity index (χ2v) is 6.10. The van der Waals surface area contributed by atoms with Crippen LogP contribution in [0.1, 0.15) is 27.2 Å². The molecule has 0 aromatic heterocycles. The van der Waals surface area contributed by atoms with Crippen molar-refractivity contribution in [3.63, 3.8) is 0 Å². The molecule has 1 fully saturated rings. The standard InChI is InChI=1S/C15H20ClNO3/c1-10(20-12-6-4-11(16)5-7-12)14(19)17-9-8-13(18)15(17,2)3/h4-7,10,13,18H,8-9H2,1-3H3. The molecule has 2 unspecified atom stereocenters. The number of carbonyl (C=O) groups excluding carboxylic acids is 1. The minimum atomic E-state index is -0.597. The van der Waals surface area contributed by atoms with Crippen LogP contribution in [0.15, 0.2) is 24.3 Å². The highest BCUT2D eigenvalue weighted by molar-refractivity contribution is 6.30. The quantitative estimate of drug-likeness (QED) is 0.932. The number of amides is 1. The first kappa shape index (κ1) is 15.1. The Morgan fingerprint density at radius 2 is 2.05 bits per heavy atom. The van der Waals surface area contributed by atoms with Crippen LogP contribution >= 0.6 is 11.6 Å². The third-order valence-electron chi connectivity index (χ3n) is 3.88. The van der Waals surface area contributed by atoms with E-state index in [0.717, 1.165) is 0 Å². The van der Waals surface area contributed by atoms with Gasteiger partial charge in [0.1, 0.15) is 5.75 Å². The number of nitrogens with zero attached hydrogens (tertiary/aromatic N) is 1. The van der Waals surface area contributed by atoms with Crippen LogP contribution in [0.5, 0.6) is 5.75 Å². The number of aliphatic hydroxyl groups excluding tert-OH is 1. The van der Waals surface area contributed by atoms with Crippen molar-refractivity contribution in [2.45, 2.75) is 44.9 Å². The van der Waals surface area contributed by atoms with Gasteiger partial charge in [-0.3, -0.25) is 4.79 Å². The first-order valence-corrected chi connectivity index (χ1v) is 7.12. The number of rotatable bonds is 3. The number of benzene rings is 1. The van der Waals surface area contributed by atoms with Crippen LogP contribution < -0.4 is 4.74 Å². The number of hydrogen-bond donors (Lipinski definition) is 1. The Balaban J connectivity index is 2.04. The van der Waals surface area contributed by atoms with Gasteiger partial charge in [-0.25, -0.2) is 0 Å². The molecule has 1 heterocycles. The number of carbonyl (C=O) groups is 1. The molecular formula is C15H20ClNO3. The molecule has 5 heteroatoms. The van der Waals surface area contributed by atoms with Gasteiger partial charge in [0.05, 0.1) is 11.6 Å². The first-order valence-electron chi connectivity index (χ1n) is 6.74. The van der Waals surface area contributed by atoms with Crippen LogP contribution in [0, 0.1) is 0 Å². The largest absolute Gasteiger partial charge is 0.481 e. The maximum Gasteiger partial charge on any atom is 0.263 e. The molecule has 1 N–H and O–H groups in total. The Labute approximate surface area is 124 Å². The fraction of sp³-hybridized carbons (Fsp3) is 0.533. The van der Waals surface area contributed by atoms with Crippen molar-refractivity contribution in [1.82, 2.24) is 4.90 Å². The minimum Gasteiger partial charge on any atom is -0.481 e. The van der Waals surface area contributed by atoms with Crippen LogP contribution in [-0.4, -0.2) is 40.2 Å². The van der Waals surface area contributed by atoms with Crippen LogP contribution in [-0.2, 0) is 4.79 Å². The number of aliphatic hydroxyl groups is 1. The van der Waals surface area contributed by atoms with Gasteiger partial charge >= 0.3 is 0 Å². The zero-order chi connectivity index (χ0) is 14.9. The summed E-state index contributed by atoms with van der Waals surface area (Å²) >= 11 is 5.81. The molecule has 2 rings (SSSR count). The fourth-order valence-corrected chi connectivity index (χ4v) is 2.58. The predicted molar refractivity (Wildman–Crippen MR) is 78.0 cm³/mol. The maximum atomic E-state index is 12.4. The Kier molecular flexibility index (Phi) is 4.25. The molecule has 2 atom stereocenters. The molecule has 110 valence electrons. The zero-order valence-electron chi connectivity index (χ0n) is 12.0. The van der Waals surface area contributed by atoms with Gasteiger partial charge in [0, 0.05) is 11.6 Å². The minimum absolute atomic E-state index is 0.110. The van der Waals surface area contributed by atoms with Crippen molar-refractivity contribution in [3.05, 3.63) is 29.3 Å². The number of ether oxygens (including phenoxy) is 1. The average Bonchev–Trinajstić information content (AvgIpc) is 2.66. The summed E-state index contributed by atoms with van der Waals surface area (Å²) < 4.78 is 5.64. The van der Waals surface area contributed by atoms with Gasteiger partial charge in [0.2, 0.25) is 0 Å². The molecule has 1 aliphatic rings. The van der Waals surface area contributed by atoms with Crippen LogP contribution in [0.2, 0.25) is 5.02 Å². The molecule has 0 saturated carbocycles. The van der Waals surface area contributed by atoms with E-state index in [1.54, 1.807) is 36.1 Å². The molecule has 1 aliphatic heterocycles. The normalized spacial score (nSPS) is 22.6. The summed E-state index contributed by atoms with van der Waals surface area (Å²) in [5.74, 6) is 0.495. The van der Waals surface area contributed by atoms with Crippen molar-refractivity contribution in [3.8, 4) is 5.75 Å². The van der Waals surface area contributed by atoms with Gasteiger partial charge in [0.15, 0.2) is 6.10 Å². The molecule has 0 bridgehead atoms. The molecule has 1 saturated heterocycles. The fourth-order valence-electron chi connectivity index (χ4n) is 2.45. The molecule has 0 spiro atoms. The summed E-state index contributed by atoms with van der Waals surface area (Å²) in [4.78, 5) is 14.1. The van der Waals surface area contributed by atoms with Crippen LogP contribution in [0.4, 0.5) is 0 Å². The van der Waals surface area contributed by atoms with E-state index in [-0.39, 0.29) is 5.91 Å². The summed E-state index contributed by atoms with van der Waals surface area (Å²) in [5.41, 5.74) is -0.547. The van der Waals surface area contributed by atoms with Gasteiger partial charge in [-0.2, -0.15) is 0 Å². The van der Waals surface area contributed by atoms with Crippen LogP contribution in [0.25, 0.3) is 0 Å². The van der Waals surface area contributed by atoms with E-state index in [0.29, 0.717) is 23.7 Å². The van der Waals surface area contributed by atoms with Gasteiger partial charge in [-0.1, -0.05) is 11.6 Å². The number of likely N-dealkylation sites (tertiary alicyclic amines) is 1. The third kappa shape index (κ3) is 2.91. The Hall–Kier alpha value is -1.26. The Morgan fingerprint density at radius 3 is 2.55 bits per heavy atom. The van der Waals surface area contributed by atoms with Crippen molar-refractivity contribution < 1.29 is 14.6 Å². The Bertz CT molecular complexity index is 486. The predicted octanol–water partition coefficient (Wildman–Crippen LogP) is 2.48. The second-order valence-electron chi connectivity index (χ2n) is 5.66. The summed E-state index contributed by atoms with van der Waals surface area (Å²) in [6.45, 7) is 6.02. The first-order chi connectivity index (χ1) is 9.32. The van der Waals surface area contributed by atoms with Crippen molar-refractivity contribution >= 4 is 17.5 Å². The molecule has 20 heavy (non-hydrogen) atoms. The van der Waals surface area contributed by atoms with E-state index >= 15 is 0 Å². The van der Waals surface area contributed by atoms with Gasteiger partial charge < -0.3 is 14.7 Å². The van der Waals surface area contributed by atoms with E-state index in [1.807, 2.05) is 13.8 Å². The lowest BCUT2D eigenvalue weighted by molar-refractivity contribution is -0.143. The maximum absolute atomic E-state index is 12.4. The molecule has 1 aromatic carbocycles. The lowest BCUT2D eigenvalue weighted by Crippen LogP contribution is -2.51. The number of hydrogen-bond acceptors (Lipinski definition) is 3. The lowest BCUT2D eigenvalue weighted by Gasteiger charge is -2.35. The topological polar surface area (TPSA) is 49.8 Å². The molecule has 4 nitrogen and oxygen atoms in total. The second kappa shape index (κ2) is 5.62. The van der Waals surface area contributed by atoms with Gasteiger partial charge in [0.25, 0.3) is 5.91 Å². The van der Waals surface area contributed by atoms with Crippen molar-refractivity contribution in [2.24, 2.45) is 0 Å². The highest BCUT2D eigenvalue weighted by atomic mass is 35.5. The SMILES string of the molecule is CC(Oc1ccc(Cl)cc1)C(=O)N1CCC(O)C1(C)C. The molecule has 1 aromatic rings. The summed E-state index contributed by atoms with van der Waals surface area (Å²) in [6, 6.07) is 6.90. The van der Waals surface area contributed by atoms with E-state index in [2.05, 4.69) is 0 Å². The molecule has 0 aliphatic carbocycles. The molecule has 0 radical (unpaired) electrons. The van der Waals surface area contributed by atoms with Crippen LogP contribution in [0.3, 0.4) is 0 Å². The summed E-state index contributed by atoms with van der Waals surface area (Å²) in [7, 11) is 0. The summed E-state index contributed by atoms with van der Waals surface area (Å²) in [6.07, 6.45) is -0.484. The van der Waals surface area contributed by atoms with Crippen molar-refractivity contribution in [1.29, 1.82) is 0 Å². The summed E-state index contributed by atoms with van der Waals surface area (Å²) in [5, 5.41) is 10.6. The lowest BCUT2D eigenvalue weighted by atomic mass is 9.98. The van der Waals surface area contributed by atoms with E-state index in [9.17, 15) is 9.90 Å². The Morgan fingerprint density at radius 1 is 1.45 bits per heavy atom. The van der Waals surface area contributed by atoms with Gasteiger partial charge in [-0.15, -0.1) is 0 Å². The monoisotopic (exact) mass is 297 g/mol. The molecule has 1 amide bonds. The highest BCUT2D eigenvalue weighted by Gasteiger charge is 2.44. The zero-order valence-corrected chi connectivity index (χ0v) is 12.7. The van der Waals surface area contributed by atoms with E-state index in [1.165, 1.54) is 0 Å². The molecular weight excluding hydrogens is 278 g/mol. The average molecular weight is 298 g/mol. The third-order valence-corrected chi connectivity index (χ3v) is 4.13. The van der Waals surface area contributed by atoms with Crippen molar-refractivity contribution in [2.75, 3.05) is 6.54 Å².